The lowest BCUT2D eigenvalue weighted by atomic mass is 10.1. The van der Waals surface area contributed by atoms with Crippen LogP contribution in [0, 0.1) is 5.82 Å². The molecule has 2 rings (SSSR count). The van der Waals surface area contributed by atoms with E-state index in [0.29, 0.717) is 19.5 Å². The van der Waals surface area contributed by atoms with Gasteiger partial charge in [0, 0.05) is 19.1 Å². The highest BCUT2D eigenvalue weighted by atomic mass is 32.2. The zero-order valence-electron chi connectivity index (χ0n) is 12.0. The number of halogens is 1. The van der Waals surface area contributed by atoms with Gasteiger partial charge in [-0.15, -0.1) is 0 Å². The molecule has 1 atom stereocenters. The molecule has 1 aliphatic rings. The second-order valence-electron chi connectivity index (χ2n) is 5.36. The Kier molecular flexibility index (Phi) is 5.49. The Morgan fingerprint density at radius 3 is 2.91 bits per heavy atom. The first-order valence-electron chi connectivity index (χ1n) is 7.09. The number of nitrogens with zero attached hydrogens (tertiary/aromatic N) is 1. The zero-order chi connectivity index (χ0) is 16.2. The molecular weight excluding hydrogens is 311 g/mol. The number of carboxylic acids is 1. The van der Waals surface area contributed by atoms with Gasteiger partial charge < -0.3 is 10.0 Å². The summed E-state index contributed by atoms with van der Waals surface area (Å²) in [5.74, 6) is -1.47. The molecule has 0 radical (unpaired) electrons. The van der Waals surface area contributed by atoms with Crippen LogP contribution in [0.25, 0.3) is 0 Å². The monoisotopic (exact) mass is 330 g/mol. The fourth-order valence-electron chi connectivity index (χ4n) is 2.53. The second-order valence-corrected chi connectivity index (χ2v) is 7.08. The van der Waals surface area contributed by atoms with Crippen LogP contribution < -0.4 is 4.72 Å². The number of benzene rings is 1. The van der Waals surface area contributed by atoms with Gasteiger partial charge in [0.05, 0.1) is 11.3 Å². The number of carboxylic acid groups (broad SMARTS) is 1. The molecule has 1 saturated heterocycles. The van der Waals surface area contributed by atoms with Crippen LogP contribution in [0.4, 0.5) is 4.39 Å². The first-order valence-corrected chi connectivity index (χ1v) is 8.57. The standard InChI is InChI=1S/C14H19FN2O4S/c15-11-3-1-5-13(9-11)22(20,21)16-12-4-2-7-17(10-12)8-6-14(18)19/h1,3,5,9,12,16H,2,4,6-8,10H2,(H,18,19)/t12-/m1/s1. The van der Waals surface area contributed by atoms with Gasteiger partial charge >= 0.3 is 5.97 Å². The van der Waals surface area contributed by atoms with Crippen molar-refractivity contribution in [1.82, 2.24) is 9.62 Å². The summed E-state index contributed by atoms with van der Waals surface area (Å²) in [5, 5.41) is 8.70. The number of nitrogens with one attached hydrogen (secondary N) is 1. The molecule has 1 heterocycles. The van der Waals surface area contributed by atoms with Gasteiger partial charge in [-0.25, -0.2) is 17.5 Å². The number of rotatable bonds is 6. The molecule has 0 spiro atoms. The number of hydrogen-bond acceptors (Lipinski definition) is 4. The first-order chi connectivity index (χ1) is 10.4. The van der Waals surface area contributed by atoms with Gasteiger partial charge in [-0.2, -0.15) is 0 Å². The maximum atomic E-state index is 13.2. The highest BCUT2D eigenvalue weighted by Crippen LogP contribution is 2.15. The van der Waals surface area contributed by atoms with Crippen molar-refractivity contribution in [3.05, 3.63) is 30.1 Å². The second kappa shape index (κ2) is 7.17. The van der Waals surface area contributed by atoms with Crippen LogP contribution in [0.1, 0.15) is 19.3 Å². The summed E-state index contributed by atoms with van der Waals surface area (Å²) in [7, 11) is -3.77. The molecule has 122 valence electrons. The predicted molar refractivity (Wildman–Crippen MR) is 78.4 cm³/mol. The SMILES string of the molecule is O=C(O)CCN1CCC[C@@H](NS(=O)(=O)c2cccc(F)c2)C1. The average Bonchev–Trinajstić information content (AvgIpc) is 2.45. The Balaban J connectivity index is 1.98. The third-order valence-electron chi connectivity index (χ3n) is 3.58. The van der Waals surface area contributed by atoms with Gasteiger partial charge in [-0.1, -0.05) is 6.07 Å². The molecule has 22 heavy (non-hydrogen) atoms. The van der Waals surface area contributed by atoms with Gasteiger partial charge in [0.15, 0.2) is 0 Å². The van der Waals surface area contributed by atoms with E-state index in [1.54, 1.807) is 0 Å². The van der Waals surface area contributed by atoms with Crippen molar-refractivity contribution in [2.45, 2.75) is 30.2 Å². The third kappa shape index (κ3) is 4.75. The maximum Gasteiger partial charge on any atom is 0.304 e. The molecule has 0 unspecified atom stereocenters. The maximum absolute atomic E-state index is 13.2. The van der Waals surface area contributed by atoms with E-state index in [1.807, 2.05) is 4.90 Å². The molecule has 1 aromatic rings. The number of likely N-dealkylation sites (tertiary alicyclic amines) is 1. The summed E-state index contributed by atoms with van der Waals surface area (Å²) >= 11 is 0. The third-order valence-corrected chi connectivity index (χ3v) is 5.09. The Hall–Kier alpha value is -1.51. The summed E-state index contributed by atoms with van der Waals surface area (Å²) in [4.78, 5) is 12.4. The molecule has 6 nitrogen and oxygen atoms in total. The summed E-state index contributed by atoms with van der Waals surface area (Å²) < 4.78 is 40.2. The molecule has 0 saturated carbocycles. The van der Waals surface area contributed by atoms with Gasteiger partial charge in [0.2, 0.25) is 10.0 Å². The fraction of sp³-hybridized carbons (Fsp3) is 0.500. The Morgan fingerprint density at radius 1 is 1.45 bits per heavy atom. The van der Waals surface area contributed by atoms with E-state index in [-0.39, 0.29) is 17.4 Å². The van der Waals surface area contributed by atoms with Crippen molar-refractivity contribution in [2.24, 2.45) is 0 Å². The van der Waals surface area contributed by atoms with E-state index in [9.17, 15) is 17.6 Å². The van der Waals surface area contributed by atoms with Gasteiger partial charge in [-0.05, 0) is 37.6 Å². The molecule has 0 aromatic heterocycles. The minimum absolute atomic E-state index is 0.0311. The first kappa shape index (κ1) is 16.9. The van der Waals surface area contributed by atoms with E-state index >= 15 is 0 Å². The van der Waals surface area contributed by atoms with Crippen molar-refractivity contribution in [3.8, 4) is 0 Å². The van der Waals surface area contributed by atoms with Gasteiger partial charge in [0.1, 0.15) is 5.82 Å². The molecule has 0 bridgehead atoms. The average molecular weight is 330 g/mol. The number of hydrogen-bond donors (Lipinski definition) is 2. The quantitative estimate of drug-likeness (QED) is 0.814. The number of piperidine rings is 1. The molecule has 8 heteroatoms. The van der Waals surface area contributed by atoms with Crippen LogP contribution in [0.2, 0.25) is 0 Å². The van der Waals surface area contributed by atoms with E-state index in [4.69, 9.17) is 5.11 Å². The molecular formula is C14H19FN2O4S. The normalized spacial score (nSPS) is 20.0. The number of sulfonamides is 1. The largest absolute Gasteiger partial charge is 0.481 e. The van der Waals surface area contributed by atoms with E-state index < -0.39 is 21.8 Å². The number of carbonyl (C=O) groups is 1. The lowest BCUT2D eigenvalue weighted by Crippen LogP contribution is -2.48. The van der Waals surface area contributed by atoms with E-state index in [2.05, 4.69) is 4.72 Å². The van der Waals surface area contributed by atoms with Crippen molar-refractivity contribution in [1.29, 1.82) is 0 Å². The predicted octanol–water partition coefficient (Wildman–Crippen LogP) is 1.04. The topological polar surface area (TPSA) is 86.7 Å². The summed E-state index contributed by atoms with van der Waals surface area (Å²) in [6.07, 6.45) is 1.50. The Labute approximate surface area is 129 Å². The highest BCUT2D eigenvalue weighted by molar-refractivity contribution is 7.89. The van der Waals surface area contributed by atoms with Crippen molar-refractivity contribution in [3.63, 3.8) is 0 Å². The van der Waals surface area contributed by atoms with Crippen LogP contribution >= 0.6 is 0 Å². The van der Waals surface area contributed by atoms with Crippen LogP contribution in [0.15, 0.2) is 29.2 Å². The van der Waals surface area contributed by atoms with E-state index in [0.717, 1.165) is 19.0 Å². The minimum atomic E-state index is -3.77. The van der Waals surface area contributed by atoms with Crippen LogP contribution in [0.5, 0.6) is 0 Å². The molecule has 1 aliphatic heterocycles. The summed E-state index contributed by atoms with van der Waals surface area (Å²) in [6, 6.07) is 4.57. The molecule has 2 N–H and O–H groups in total. The molecule has 1 aromatic carbocycles. The van der Waals surface area contributed by atoms with Crippen LogP contribution in [0.3, 0.4) is 0 Å². The number of aliphatic carboxylic acids is 1. The van der Waals surface area contributed by atoms with Crippen molar-refractivity contribution < 1.29 is 22.7 Å². The van der Waals surface area contributed by atoms with Crippen molar-refractivity contribution in [2.75, 3.05) is 19.6 Å². The summed E-state index contributed by atoms with van der Waals surface area (Å²) in [6.45, 7) is 1.61. The summed E-state index contributed by atoms with van der Waals surface area (Å²) in [5.41, 5.74) is 0. The highest BCUT2D eigenvalue weighted by Gasteiger charge is 2.25. The van der Waals surface area contributed by atoms with Crippen LogP contribution in [-0.4, -0.2) is 50.1 Å². The minimum Gasteiger partial charge on any atom is -0.481 e. The van der Waals surface area contributed by atoms with Gasteiger partial charge in [0.25, 0.3) is 0 Å². The van der Waals surface area contributed by atoms with Crippen LogP contribution in [-0.2, 0) is 14.8 Å². The molecule has 1 fully saturated rings. The smallest absolute Gasteiger partial charge is 0.304 e. The van der Waals surface area contributed by atoms with Crippen molar-refractivity contribution >= 4 is 16.0 Å². The zero-order valence-corrected chi connectivity index (χ0v) is 12.9. The fourth-order valence-corrected chi connectivity index (χ4v) is 3.82. The molecule has 0 aliphatic carbocycles. The molecule has 0 amide bonds. The Morgan fingerprint density at radius 2 is 2.23 bits per heavy atom. The lowest BCUT2D eigenvalue weighted by molar-refractivity contribution is -0.137. The van der Waals surface area contributed by atoms with E-state index in [1.165, 1.54) is 18.2 Å². The Bertz CT molecular complexity index is 635. The van der Waals surface area contributed by atoms with Gasteiger partial charge in [-0.3, -0.25) is 4.79 Å². The lowest BCUT2D eigenvalue weighted by Gasteiger charge is -2.32.